The Morgan fingerprint density at radius 3 is 1.50 bits per heavy atom. The first-order valence-electron chi connectivity index (χ1n) is 13.9. The Morgan fingerprint density at radius 1 is 0.719 bits per heavy atom. The fraction of sp³-hybridized carbons (Fsp3) is 0.929. The first-order valence-corrected chi connectivity index (χ1v) is 13.9. The summed E-state index contributed by atoms with van der Waals surface area (Å²) in [4.78, 5) is 23.6. The third-order valence-corrected chi connectivity index (χ3v) is 6.30. The zero-order valence-electron chi connectivity index (χ0n) is 22.0. The monoisotopic (exact) mass is 453 g/mol. The molecule has 1 amide bonds. The summed E-state index contributed by atoms with van der Waals surface area (Å²) in [5.74, 6) is 0.0755. The SMILES string of the molecule is CCCCCCCCCCCCC[C@H](CCCCCCC)OC(=O)[C@H](CC(C)C)NC=O. The molecule has 2 atom stereocenters. The van der Waals surface area contributed by atoms with Crippen LogP contribution in [0.25, 0.3) is 0 Å². The van der Waals surface area contributed by atoms with Crippen molar-refractivity contribution < 1.29 is 14.3 Å². The van der Waals surface area contributed by atoms with Crippen LogP contribution >= 0.6 is 0 Å². The lowest BCUT2D eigenvalue weighted by Gasteiger charge is -2.23. The molecule has 4 heteroatoms. The average molecular weight is 454 g/mol. The number of rotatable bonds is 24. The topological polar surface area (TPSA) is 55.4 Å². The number of ether oxygens (including phenoxy) is 1. The van der Waals surface area contributed by atoms with E-state index in [1.807, 2.05) is 0 Å². The molecule has 0 aliphatic heterocycles. The van der Waals surface area contributed by atoms with Crippen LogP contribution in [0.4, 0.5) is 0 Å². The second-order valence-electron chi connectivity index (χ2n) is 10.1. The summed E-state index contributed by atoms with van der Waals surface area (Å²) in [7, 11) is 0. The third kappa shape index (κ3) is 19.6. The van der Waals surface area contributed by atoms with Crippen LogP contribution in [0.3, 0.4) is 0 Å². The number of esters is 1. The molecule has 0 spiro atoms. The van der Waals surface area contributed by atoms with E-state index >= 15 is 0 Å². The number of unbranched alkanes of at least 4 members (excludes halogenated alkanes) is 14. The van der Waals surface area contributed by atoms with E-state index in [0.29, 0.717) is 18.7 Å². The van der Waals surface area contributed by atoms with Gasteiger partial charge >= 0.3 is 5.97 Å². The lowest BCUT2D eigenvalue weighted by atomic mass is 10.0. The van der Waals surface area contributed by atoms with Gasteiger partial charge in [-0.3, -0.25) is 4.79 Å². The number of nitrogens with one attached hydrogen (secondary N) is 1. The van der Waals surface area contributed by atoms with Crippen LogP contribution in [0, 0.1) is 5.92 Å². The van der Waals surface area contributed by atoms with Crippen LogP contribution < -0.4 is 5.32 Å². The summed E-state index contributed by atoms with van der Waals surface area (Å²) in [5, 5.41) is 2.66. The molecular weight excluding hydrogens is 398 g/mol. The largest absolute Gasteiger partial charge is 0.461 e. The maximum Gasteiger partial charge on any atom is 0.328 e. The Balaban J connectivity index is 4.25. The van der Waals surface area contributed by atoms with E-state index in [4.69, 9.17) is 4.74 Å². The molecule has 0 fully saturated rings. The van der Waals surface area contributed by atoms with E-state index in [1.165, 1.54) is 89.9 Å². The van der Waals surface area contributed by atoms with Crippen molar-refractivity contribution >= 4 is 12.4 Å². The molecule has 4 nitrogen and oxygen atoms in total. The molecule has 190 valence electrons. The van der Waals surface area contributed by atoms with Gasteiger partial charge in [-0.15, -0.1) is 0 Å². The van der Waals surface area contributed by atoms with Crippen LogP contribution in [-0.4, -0.2) is 24.5 Å². The molecule has 0 saturated carbocycles. The molecule has 0 aliphatic carbocycles. The Labute approximate surface area is 200 Å². The number of amides is 1. The summed E-state index contributed by atoms with van der Waals surface area (Å²) >= 11 is 0. The minimum absolute atomic E-state index is 0.00851. The molecule has 0 aromatic rings. The summed E-state index contributed by atoms with van der Waals surface area (Å²) in [6, 6.07) is -0.521. The quantitative estimate of drug-likeness (QED) is 0.0911. The number of hydrogen-bond acceptors (Lipinski definition) is 3. The van der Waals surface area contributed by atoms with E-state index < -0.39 is 6.04 Å². The molecular formula is C28H55NO3. The zero-order valence-corrected chi connectivity index (χ0v) is 22.0. The molecule has 0 heterocycles. The minimum Gasteiger partial charge on any atom is -0.461 e. The van der Waals surface area contributed by atoms with Gasteiger partial charge in [0.1, 0.15) is 12.1 Å². The highest BCUT2D eigenvalue weighted by molar-refractivity contribution is 5.78. The fourth-order valence-corrected chi connectivity index (χ4v) is 4.31. The Hall–Kier alpha value is -1.06. The van der Waals surface area contributed by atoms with E-state index in [0.717, 1.165) is 25.7 Å². The minimum atomic E-state index is -0.521. The van der Waals surface area contributed by atoms with Crippen molar-refractivity contribution in [2.45, 2.75) is 162 Å². The van der Waals surface area contributed by atoms with Crippen LogP contribution in [0.5, 0.6) is 0 Å². The van der Waals surface area contributed by atoms with Crippen molar-refractivity contribution in [1.82, 2.24) is 5.32 Å². The highest BCUT2D eigenvalue weighted by Gasteiger charge is 2.23. The molecule has 0 aromatic carbocycles. The van der Waals surface area contributed by atoms with Gasteiger partial charge in [0.25, 0.3) is 0 Å². The van der Waals surface area contributed by atoms with E-state index in [-0.39, 0.29) is 12.1 Å². The van der Waals surface area contributed by atoms with Gasteiger partial charge in [-0.25, -0.2) is 4.79 Å². The standard InChI is InChI=1S/C28H55NO3/c1-5-7-9-11-12-13-14-15-16-18-20-22-26(21-19-17-10-8-6-2)32-28(31)27(29-24-30)23-25(3)4/h24-27H,5-23H2,1-4H3,(H,29,30)/t26-,27-/m0/s1. The van der Waals surface area contributed by atoms with Gasteiger partial charge in [-0.05, 0) is 38.0 Å². The first kappa shape index (κ1) is 30.9. The summed E-state index contributed by atoms with van der Waals surface area (Å²) in [5.41, 5.74) is 0. The van der Waals surface area contributed by atoms with Crippen molar-refractivity contribution in [3.63, 3.8) is 0 Å². The zero-order chi connectivity index (χ0) is 23.9. The molecule has 0 saturated heterocycles. The van der Waals surface area contributed by atoms with E-state index in [9.17, 15) is 9.59 Å². The van der Waals surface area contributed by atoms with Crippen molar-refractivity contribution in [1.29, 1.82) is 0 Å². The van der Waals surface area contributed by atoms with Gasteiger partial charge in [-0.1, -0.05) is 118 Å². The Morgan fingerprint density at radius 2 is 1.12 bits per heavy atom. The normalized spacial score (nSPS) is 13.2. The molecule has 0 bridgehead atoms. The lowest BCUT2D eigenvalue weighted by molar-refractivity contribution is -0.153. The van der Waals surface area contributed by atoms with Crippen molar-refractivity contribution in [3.05, 3.63) is 0 Å². The van der Waals surface area contributed by atoms with Crippen LogP contribution in [0.2, 0.25) is 0 Å². The summed E-state index contributed by atoms with van der Waals surface area (Å²) in [6.07, 6.45) is 23.8. The van der Waals surface area contributed by atoms with Gasteiger partial charge in [0.15, 0.2) is 0 Å². The molecule has 0 unspecified atom stereocenters. The fourth-order valence-electron chi connectivity index (χ4n) is 4.31. The van der Waals surface area contributed by atoms with Gasteiger partial charge < -0.3 is 10.1 Å². The number of hydrogen-bond donors (Lipinski definition) is 1. The highest BCUT2D eigenvalue weighted by Crippen LogP contribution is 2.18. The van der Waals surface area contributed by atoms with E-state index in [2.05, 4.69) is 33.0 Å². The Kier molecular flexibility index (Phi) is 22.3. The molecule has 32 heavy (non-hydrogen) atoms. The van der Waals surface area contributed by atoms with Gasteiger partial charge in [0, 0.05) is 0 Å². The second-order valence-corrected chi connectivity index (χ2v) is 10.1. The second kappa shape index (κ2) is 23.1. The maximum absolute atomic E-state index is 12.7. The predicted molar refractivity (Wildman–Crippen MR) is 137 cm³/mol. The van der Waals surface area contributed by atoms with Gasteiger partial charge in [-0.2, -0.15) is 0 Å². The first-order chi connectivity index (χ1) is 15.5. The van der Waals surface area contributed by atoms with Crippen molar-refractivity contribution in [2.24, 2.45) is 5.92 Å². The van der Waals surface area contributed by atoms with Crippen molar-refractivity contribution in [3.8, 4) is 0 Å². The lowest BCUT2D eigenvalue weighted by Crippen LogP contribution is -2.40. The summed E-state index contributed by atoms with van der Waals surface area (Å²) < 4.78 is 5.90. The molecule has 1 N–H and O–H groups in total. The van der Waals surface area contributed by atoms with Gasteiger partial charge in [0.2, 0.25) is 6.41 Å². The van der Waals surface area contributed by atoms with Crippen molar-refractivity contribution in [2.75, 3.05) is 0 Å². The number of carbonyl (C=O) groups is 2. The molecule has 0 aromatic heterocycles. The van der Waals surface area contributed by atoms with Crippen LogP contribution in [0.15, 0.2) is 0 Å². The third-order valence-electron chi connectivity index (χ3n) is 6.30. The molecule has 0 rings (SSSR count). The molecule has 0 radical (unpaired) electrons. The Bertz CT molecular complexity index is 425. The highest BCUT2D eigenvalue weighted by atomic mass is 16.5. The molecule has 0 aliphatic rings. The van der Waals surface area contributed by atoms with Crippen LogP contribution in [-0.2, 0) is 14.3 Å². The predicted octanol–water partition coefficient (Wildman–Crippen LogP) is 8.12. The summed E-state index contributed by atoms with van der Waals surface area (Å²) in [6.45, 7) is 8.61. The van der Waals surface area contributed by atoms with Gasteiger partial charge in [0.05, 0.1) is 0 Å². The number of carbonyl (C=O) groups excluding carboxylic acids is 2. The average Bonchev–Trinajstić information content (AvgIpc) is 2.76. The van der Waals surface area contributed by atoms with E-state index in [1.54, 1.807) is 0 Å². The van der Waals surface area contributed by atoms with Crippen LogP contribution in [0.1, 0.15) is 150 Å². The smallest absolute Gasteiger partial charge is 0.328 e. The maximum atomic E-state index is 12.7.